The first-order valence-corrected chi connectivity index (χ1v) is 6.05. The lowest BCUT2D eigenvalue weighted by Crippen LogP contribution is -2.51. The van der Waals surface area contributed by atoms with Gasteiger partial charge in [-0.05, 0) is 23.7 Å². The predicted molar refractivity (Wildman–Crippen MR) is 64.0 cm³/mol. The Morgan fingerprint density at radius 1 is 1.31 bits per heavy atom. The Labute approximate surface area is 98.2 Å². The summed E-state index contributed by atoms with van der Waals surface area (Å²) >= 11 is 0. The number of rotatable bonds is 2. The number of carbonyl (C=O) groups excluding carboxylic acids is 2. The van der Waals surface area contributed by atoms with Crippen molar-refractivity contribution in [1.29, 1.82) is 0 Å². The van der Waals surface area contributed by atoms with Crippen LogP contribution < -0.4 is 0 Å². The lowest BCUT2D eigenvalue weighted by atomic mass is 9.68. The Balaban J connectivity index is 2.75. The topological polar surface area (TPSA) is 37.4 Å². The zero-order chi connectivity index (χ0) is 12.5. The van der Waals surface area contributed by atoms with E-state index >= 15 is 0 Å². The number of carbonyl (C=O) groups is 2. The van der Waals surface area contributed by atoms with Gasteiger partial charge in [-0.15, -0.1) is 0 Å². The van der Waals surface area contributed by atoms with Crippen LogP contribution in [-0.4, -0.2) is 29.7 Å². The Bertz CT molecular complexity index is 294. The van der Waals surface area contributed by atoms with Crippen LogP contribution in [0.5, 0.6) is 0 Å². The van der Waals surface area contributed by atoms with Gasteiger partial charge in [0.25, 0.3) is 5.91 Å². The minimum Gasteiger partial charge on any atom is -0.336 e. The minimum absolute atomic E-state index is 0.109. The molecular formula is C13H23NO2. The van der Waals surface area contributed by atoms with Gasteiger partial charge in [0.2, 0.25) is 5.78 Å². The van der Waals surface area contributed by atoms with Crippen LogP contribution in [0, 0.1) is 17.3 Å². The molecule has 1 saturated heterocycles. The van der Waals surface area contributed by atoms with E-state index in [0.717, 1.165) is 13.0 Å². The Hall–Kier alpha value is -0.860. The lowest BCUT2D eigenvalue weighted by molar-refractivity contribution is -0.147. The summed E-state index contributed by atoms with van der Waals surface area (Å²) in [5, 5.41) is 0. The van der Waals surface area contributed by atoms with Crippen molar-refractivity contribution in [2.24, 2.45) is 17.3 Å². The Morgan fingerprint density at radius 2 is 1.88 bits per heavy atom. The highest BCUT2D eigenvalue weighted by Gasteiger charge is 2.39. The van der Waals surface area contributed by atoms with Crippen LogP contribution in [0.1, 0.15) is 41.0 Å². The zero-order valence-corrected chi connectivity index (χ0v) is 11.0. The first-order chi connectivity index (χ1) is 7.25. The number of likely N-dealkylation sites (tertiary alicyclic amines) is 1. The molecule has 0 N–H and O–H groups in total. The van der Waals surface area contributed by atoms with Gasteiger partial charge in [-0.3, -0.25) is 9.59 Å². The third-order valence-corrected chi connectivity index (χ3v) is 3.71. The van der Waals surface area contributed by atoms with Crippen molar-refractivity contribution in [2.45, 2.75) is 41.0 Å². The second-order valence-corrected chi connectivity index (χ2v) is 5.91. The molecule has 0 aromatic carbocycles. The van der Waals surface area contributed by atoms with Gasteiger partial charge in [0, 0.05) is 20.0 Å². The van der Waals surface area contributed by atoms with Gasteiger partial charge in [-0.1, -0.05) is 27.7 Å². The van der Waals surface area contributed by atoms with Crippen molar-refractivity contribution in [2.75, 3.05) is 13.1 Å². The van der Waals surface area contributed by atoms with E-state index in [0.29, 0.717) is 18.4 Å². The molecule has 1 aliphatic rings. The fourth-order valence-electron chi connectivity index (χ4n) is 3.01. The third-order valence-electron chi connectivity index (χ3n) is 3.71. The van der Waals surface area contributed by atoms with Gasteiger partial charge < -0.3 is 4.90 Å². The van der Waals surface area contributed by atoms with Crippen molar-refractivity contribution in [3.63, 3.8) is 0 Å². The van der Waals surface area contributed by atoms with Crippen molar-refractivity contribution in [1.82, 2.24) is 4.90 Å². The van der Waals surface area contributed by atoms with Crippen molar-refractivity contribution in [3.05, 3.63) is 0 Å². The van der Waals surface area contributed by atoms with Crippen molar-refractivity contribution >= 4 is 11.7 Å². The highest BCUT2D eigenvalue weighted by molar-refractivity contribution is 6.35. The van der Waals surface area contributed by atoms with Crippen LogP contribution in [0.2, 0.25) is 0 Å². The molecule has 1 aliphatic heterocycles. The number of ketones is 1. The van der Waals surface area contributed by atoms with Gasteiger partial charge >= 0.3 is 0 Å². The van der Waals surface area contributed by atoms with Gasteiger partial charge in [0.15, 0.2) is 0 Å². The van der Waals surface area contributed by atoms with Gasteiger partial charge in [-0.25, -0.2) is 0 Å². The molecule has 92 valence electrons. The first-order valence-electron chi connectivity index (χ1n) is 6.05. The van der Waals surface area contributed by atoms with E-state index in [1.807, 2.05) is 0 Å². The van der Waals surface area contributed by atoms with E-state index in [1.165, 1.54) is 6.92 Å². The number of Topliss-reactive ketones (excluding diaryl/α,β-unsaturated/α-hetero) is 1. The maximum atomic E-state index is 11.6. The highest BCUT2D eigenvalue weighted by atomic mass is 16.2. The van der Waals surface area contributed by atoms with Crippen LogP contribution in [0.25, 0.3) is 0 Å². The van der Waals surface area contributed by atoms with E-state index in [9.17, 15) is 9.59 Å². The molecule has 1 atom stereocenters. The standard InChI is InChI=1S/C13H23NO2/c1-9(2)11-6-7-14(8-13(11,4)5)12(16)10(3)15/h9,11H,6-8H2,1-5H3/t11-/m0/s1. The molecule has 3 heteroatoms. The number of hydrogen-bond acceptors (Lipinski definition) is 2. The molecule has 0 unspecified atom stereocenters. The van der Waals surface area contributed by atoms with E-state index in [1.54, 1.807) is 4.90 Å². The molecule has 0 aromatic rings. The average Bonchev–Trinajstić information content (AvgIpc) is 2.13. The molecular weight excluding hydrogens is 202 g/mol. The van der Waals surface area contributed by atoms with Crippen LogP contribution in [0.15, 0.2) is 0 Å². The second kappa shape index (κ2) is 4.56. The fourth-order valence-corrected chi connectivity index (χ4v) is 3.01. The lowest BCUT2D eigenvalue weighted by Gasteiger charge is -2.46. The van der Waals surface area contributed by atoms with E-state index in [-0.39, 0.29) is 17.1 Å². The molecule has 16 heavy (non-hydrogen) atoms. The van der Waals surface area contributed by atoms with E-state index in [4.69, 9.17) is 0 Å². The van der Waals surface area contributed by atoms with Crippen LogP contribution in [0.4, 0.5) is 0 Å². The molecule has 1 fully saturated rings. The smallest absolute Gasteiger partial charge is 0.289 e. The third kappa shape index (κ3) is 2.63. The number of nitrogens with zero attached hydrogens (tertiary/aromatic N) is 1. The zero-order valence-electron chi connectivity index (χ0n) is 11.0. The normalized spacial score (nSPS) is 24.6. The largest absolute Gasteiger partial charge is 0.336 e. The molecule has 1 heterocycles. The Morgan fingerprint density at radius 3 is 2.25 bits per heavy atom. The van der Waals surface area contributed by atoms with Gasteiger partial charge in [0.05, 0.1) is 0 Å². The summed E-state index contributed by atoms with van der Waals surface area (Å²) in [6, 6.07) is 0. The summed E-state index contributed by atoms with van der Waals surface area (Å²) in [5.41, 5.74) is 0.109. The van der Waals surface area contributed by atoms with Crippen LogP contribution in [-0.2, 0) is 9.59 Å². The maximum absolute atomic E-state index is 11.6. The monoisotopic (exact) mass is 225 g/mol. The molecule has 0 saturated carbocycles. The quantitative estimate of drug-likeness (QED) is 0.675. The number of piperidine rings is 1. The molecule has 0 aromatic heterocycles. The summed E-state index contributed by atoms with van der Waals surface area (Å²) in [6.07, 6.45) is 1.00. The van der Waals surface area contributed by atoms with Crippen molar-refractivity contribution in [3.8, 4) is 0 Å². The molecule has 0 spiro atoms. The molecule has 0 bridgehead atoms. The molecule has 3 nitrogen and oxygen atoms in total. The second-order valence-electron chi connectivity index (χ2n) is 5.91. The van der Waals surface area contributed by atoms with Gasteiger partial charge in [-0.2, -0.15) is 0 Å². The summed E-state index contributed by atoms with van der Waals surface area (Å²) in [5.74, 6) is 0.585. The molecule has 0 radical (unpaired) electrons. The summed E-state index contributed by atoms with van der Waals surface area (Å²) in [7, 11) is 0. The van der Waals surface area contributed by atoms with Crippen LogP contribution >= 0.6 is 0 Å². The predicted octanol–water partition coefficient (Wildman–Crippen LogP) is 2.11. The SMILES string of the molecule is CC(=O)C(=O)N1CC[C@@H](C(C)C)C(C)(C)C1. The average molecular weight is 225 g/mol. The summed E-state index contributed by atoms with van der Waals surface area (Å²) in [4.78, 5) is 24.4. The number of amides is 1. The van der Waals surface area contributed by atoms with Crippen LogP contribution in [0.3, 0.4) is 0 Å². The summed E-state index contributed by atoms with van der Waals surface area (Å²) < 4.78 is 0. The molecule has 0 aliphatic carbocycles. The van der Waals surface area contributed by atoms with Crippen molar-refractivity contribution < 1.29 is 9.59 Å². The van der Waals surface area contributed by atoms with Gasteiger partial charge in [0.1, 0.15) is 0 Å². The number of hydrogen-bond donors (Lipinski definition) is 0. The van der Waals surface area contributed by atoms with E-state index in [2.05, 4.69) is 27.7 Å². The van der Waals surface area contributed by atoms with E-state index < -0.39 is 0 Å². The molecule has 1 amide bonds. The summed E-state index contributed by atoms with van der Waals surface area (Å²) in [6.45, 7) is 11.6. The fraction of sp³-hybridized carbons (Fsp3) is 0.846. The highest BCUT2D eigenvalue weighted by Crippen LogP contribution is 2.39. The maximum Gasteiger partial charge on any atom is 0.289 e. The molecule has 1 rings (SSSR count). The minimum atomic E-state index is -0.348. The Kier molecular flexibility index (Phi) is 3.76. The first kappa shape index (κ1) is 13.2.